The van der Waals surface area contributed by atoms with Gasteiger partial charge in [0.15, 0.2) is 5.76 Å². The van der Waals surface area contributed by atoms with Crippen LogP contribution in [0.3, 0.4) is 0 Å². The molecular formula is C10H12O2. The number of hydrogen-bond acceptors (Lipinski definition) is 2. The lowest BCUT2D eigenvalue weighted by Crippen LogP contribution is -2.05. The Bertz CT molecular complexity index is 261. The highest BCUT2D eigenvalue weighted by Crippen LogP contribution is 2.43. The largest absolute Gasteiger partial charge is 0.458 e. The third-order valence-electron chi connectivity index (χ3n) is 2.87. The van der Waals surface area contributed by atoms with Gasteiger partial charge in [-0.05, 0) is 30.8 Å². The summed E-state index contributed by atoms with van der Waals surface area (Å²) in [6.45, 7) is 0.423. The fourth-order valence-corrected chi connectivity index (χ4v) is 1.96. The first-order valence-corrected chi connectivity index (χ1v) is 4.60. The van der Waals surface area contributed by atoms with E-state index in [-0.39, 0.29) is 0 Å². The van der Waals surface area contributed by atoms with Gasteiger partial charge in [0, 0.05) is 6.42 Å². The zero-order valence-electron chi connectivity index (χ0n) is 6.95. The Labute approximate surface area is 71.9 Å². The summed E-state index contributed by atoms with van der Waals surface area (Å²) in [6, 6.07) is 0. The van der Waals surface area contributed by atoms with Crippen LogP contribution in [0.1, 0.15) is 19.3 Å². The van der Waals surface area contributed by atoms with Crippen LogP contribution in [0.2, 0.25) is 0 Å². The number of rotatable bonds is 1. The highest BCUT2D eigenvalue weighted by molar-refractivity contribution is 5.25. The molecule has 0 spiro atoms. The zero-order chi connectivity index (χ0) is 7.97. The van der Waals surface area contributed by atoms with E-state index in [0.29, 0.717) is 6.79 Å². The van der Waals surface area contributed by atoms with E-state index in [9.17, 15) is 0 Å². The SMILES string of the molecule is C1=CC(C2CC2)CC2=C1OCO2. The normalized spacial score (nSPS) is 32.8. The maximum absolute atomic E-state index is 5.37. The molecule has 12 heavy (non-hydrogen) atoms. The van der Waals surface area contributed by atoms with E-state index in [4.69, 9.17) is 9.47 Å². The van der Waals surface area contributed by atoms with Crippen LogP contribution >= 0.6 is 0 Å². The molecule has 1 fully saturated rings. The standard InChI is InChI=1S/C10H12O2/c1-2-7(1)8-3-4-9-10(5-8)12-6-11-9/h3-4,7-8H,1-2,5-6H2. The van der Waals surface area contributed by atoms with Crippen molar-refractivity contribution in [1.29, 1.82) is 0 Å². The van der Waals surface area contributed by atoms with Crippen molar-refractivity contribution >= 4 is 0 Å². The van der Waals surface area contributed by atoms with Crippen molar-refractivity contribution in [2.24, 2.45) is 11.8 Å². The molecule has 0 bridgehead atoms. The molecule has 1 unspecified atom stereocenters. The highest BCUT2D eigenvalue weighted by Gasteiger charge is 2.34. The second-order valence-corrected chi connectivity index (χ2v) is 3.76. The summed E-state index contributed by atoms with van der Waals surface area (Å²) >= 11 is 0. The summed E-state index contributed by atoms with van der Waals surface area (Å²) in [5.41, 5.74) is 0. The fourth-order valence-electron chi connectivity index (χ4n) is 1.96. The predicted molar refractivity (Wildman–Crippen MR) is 44.0 cm³/mol. The maximum Gasteiger partial charge on any atom is 0.230 e. The first kappa shape index (κ1) is 6.58. The minimum Gasteiger partial charge on any atom is -0.458 e. The van der Waals surface area contributed by atoms with Crippen molar-refractivity contribution in [2.45, 2.75) is 19.3 Å². The molecule has 0 radical (unpaired) electrons. The van der Waals surface area contributed by atoms with E-state index in [1.54, 1.807) is 0 Å². The second-order valence-electron chi connectivity index (χ2n) is 3.76. The zero-order valence-corrected chi connectivity index (χ0v) is 6.95. The van der Waals surface area contributed by atoms with Gasteiger partial charge in [-0.1, -0.05) is 6.08 Å². The van der Waals surface area contributed by atoms with Crippen molar-refractivity contribution in [2.75, 3.05) is 6.79 Å². The van der Waals surface area contributed by atoms with Gasteiger partial charge in [-0.15, -0.1) is 0 Å². The number of ether oxygens (including phenoxy) is 2. The monoisotopic (exact) mass is 164 g/mol. The van der Waals surface area contributed by atoms with Gasteiger partial charge in [-0.3, -0.25) is 0 Å². The summed E-state index contributed by atoms with van der Waals surface area (Å²) in [6.07, 6.45) is 8.23. The smallest absolute Gasteiger partial charge is 0.230 e. The Hall–Kier alpha value is -0.920. The van der Waals surface area contributed by atoms with Crippen LogP contribution < -0.4 is 0 Å². The lowest BCUT2D eigenvalue weighted by Gasteiger charge is -2.14. The van der Waals surface area contributed by atoms with Gasteiger partial charge in [0.25, 0.3) is 0 Å². The Morgan fingerprint density at radius 2 is 2.17 bits per heavy atom. The number of hydrogen-bond donors (Lipinski definition) is 0. The highest BCUT2D eigenvalue weighted by atomic mass is 16.7. The molecule has 3 aliphatic rings. The molecule has 2 nitrogen and oxygen atoms in total. The van der Waals surface area contributed by atoms with Crippen LogP contribution in [0, 0.1) is 11.8 Å². The molecule has 1 heterocycles. The molecule has 2 heteroatoms. The van der Waals surface area contributed by atoms with Gasteiger partial charge < -0.3 is 9.47 Å². The van der Waals surface area contributed by atoms with Gasteiger partial charge >= 0.3 is 0 Å². The van der Waals surface area contributed by atoms with Crippen LogP contribution in [0.4, 0.5) is 0 Å². The van der Waals surface area contributed by atoms with Crippen molar-refractivity contribution in [3.8, 4) is 0 Å². The van der Waals surface area contributed by atoms with Crippen LogP contribution in [-0.2, 0) is 9.47 Å². The van der Waals surface area contributed by atoms with E-state index >= 15 is 0 Å². The fraction of sp³-hybridized carbons (Fsp3) is 0.600. The first-order valence-electron chi connectivity index (χ1n) is 4.60. The quantitative estimate of drug-likeness (QED) is 0.591. The van der Waals surface area contributed by atoms with Crippen molar-refractivity contribution < 1.29 is 9.47 Å². The molecule has 2 aliphatic carbocycles. The van der Waals surface area contributed by atoms with E-state index in [2.05, 4.69) is 12.2 Å². The molecule has 0 N–H and O–H groups in total. The Balaban J connectivity index is 1.79. The summed E-state index contributed by atoms with van der Waals surface area (Å²) in [5.74, 6) is 3.70. The van der Waals surface area contributed by atoms with Gasteiger partial charge in [0.2, 0.25) is 6.79 Å². The molecule has 0 aromatic rings. The minimum absolute atomic E-state index is 0.423. The molecule has 1 aliphatic heterocycles. The molecule has 1 saturated carbocycles. The van der Waals surface area contributed by atoms with Crippen LogP contribution in [-0.4, -0.2) is 6.79 Å². The molecule has 0 aromatic carbocycles. The van der Waals surface area contributed by atoms with Crippen molar-refractivity contribution in [1.82, 2.24) is 0 Å². The second kappa shape index (κ2) is 2.28. The maximum atomic E-state index is 5.37. The van der Waals surface area contributed by atoms with Crippen LogP contribution in [0.5, 0.6) is 0 Å². The van der Waals surface area contributed by atoms with E-state index in [0.717, 1.165) is 29.8 Å². The molecular weight excluding hydrogens is 152 g/mol. The molecule has 1 atom stereocenters. The Kier molecular flexibility index (Phi) is 1.25. The first-order chi connectivity index (χ1) is 5.93. The molecule has 0 saturated heterocycles. The molecule has 0 aromatic heterocycles. The van der Waals surface area contributed by atoms with E-state index < -0.39 is 0 Å². The van der Waals surface area contributed by atoms with E-state index in [1.807, 2.05) is 0 Å². The molecule has 3 rings (SSSR count). The topological polar surface area (TPSA) is 18.5 Å². The summed E-state index contributed by atoms with van der Waals surface area (Å²) in [4.78, 5) is 0. The summed E-state index contributed by atoms with van der Waals surface area (Å²) in [7, 11) is 0. The van der Waals surface area contributed by atoms with Gasteiger partial charge in [-0.2, -0.15) is 0 Å². The lowest BCUT2D eigenvalue weighted by molar-refractivity contribution is 0.0715. The summed E-state index contributed by atoms with van der Waals surface area (Å²) < 4.78 is 10.6. The average Bonchev–Trinajstić information content (AvgIpc) is 2.84. The predicted octanol–water partition coefficient (Wildman–Crippen LogP) is 2.19. The molecule has 0 amide bonds. The minimum atomic E-state index is 0.423. The lowest BCUT2D eigenvalue weighted by atomic mass is 9.94. The molecule has 64 valence electrons. The van der Waals surface area contributed by atoms with Crippen molar-refractivity contribution in [3.63, 3.8) is 0 Å². The van der Waals surface area contributed by atoms with Crippen molar-refractivity contribution in [3.05, 3.63) is 23.7 Å². The Morgan fingerprint density at radius 3 is 3.00 bits per heavy atom. The summed E-state index contributed by atoms with van der Waals surface area (Å²) in [5, 5.41) is 0. The Morgan fingerprint density at radius 1 is 1.25 bits per heavy atom. The van der Waals surface area contributed by atoms with Gasteiger partial charge in [0.05, 0.1) is 0 Å². The van der Waals surface area contributed by atoms with E-state index in [1.165, 1.54) is 12.8 Å². The van der Waals surface area contributed by atoms with Crippen LogP contribution in [0.15, 0.2) is 23.7 Å². The average molecular weight is 164 g/mol. The van der Waals surface area contributed by atoms with Crippen LogP contribution in [0.25, 0.3) is 0 Å². The van der Waals surface area contributed by atoms with Gasteiger partial charge in [0.1, 0.15) is 5.76 Å². The third kappa shape index (κ3) is 0.942. The number of allylic oxidation sites excluding steroid dienone is 3. The third-order valence-corrected chi connectivity index (χ3v) is 2.87. The van der Waals surface area contributed by atoms with Gasteiger partial charge in [-0.25, -0.2) is 0 Å².